The molecule has 0 bridgehead atoms. The first-order valence-electron chi connectivity index (χ1n) is 4.20. The molecule has 0 unspecified atom stereocenters. The fraction of sp³-hybridized carbons (Fsp3) is 0.300. The molecular formula is C10H10O3. The predicted molar refractivity (Wildman–Crippen MR) is 46.7 cm³/mol. The Labute approximate surface area is 76.0 Å². The maximum Gasteiger partial charge on any atom is 0.348 e. The van der Waals surface area contributed by atoms with E-state index in [1.165, 1.54) is 0 Å². The maximum absolute atomic E-state index is 10.8. The first-order valence-corrected chi connectivity index (χ1v) is 4.20. The molecule has 0 atom stereocenters. The molecule has 1 aliphatic rings. The highest BCUT2D eigenvalue weighted by Crippen LogP contribution is 2.40. The summed E-state index contributed by atoms with van der Waals surface area (Å²) in [6.45, 7) is 0. The molecule has 0 aromatic heterocycles. The molecule has 3 heteroatoms. The van der Waals surface area contributed by atoms with Crippen molar-refractivity contribution in [2.45, 2.75) is 18.4 Å². The Morgan fingerprint density at radius 1 is 1.31 bits per heavy atom. The van der Waals surface area contributed by atoms with Crippen LogP contribution in [0.2, 0.25) is 0 Å². The van der Waals surface area contributed by atoms with Gasteiger partial charge in [-0.05, 0) is 12.1 Å². The van der Waals surface area contributed by atoms with Crippen LogP contribution in [0.3, 0.4) is 0 Å². The number of ether oxygens (including phenoxy) is 1. The van der Waals surface area contributed by atoms with Crippen molar-refractivity contribution in [3.63, 3.8) is 0 Å². The second-order valence-electron chi connectivity index (χ2n) is 3.21. The van der Waals surface area contributed by atoms with E-state index in [1.54, 1.807) is 12.1 Å². The lowest BCUT2D eigenvalue weighted by atomic mass is 10.3. The van der Waals surface area contributed by atoms with E-state index >= 15 is 0 Å². The Kier molecular flexibility index (Phi) is 1.72. The Morgan fingerprint density at radius 3 is 2.38 bits per heavy atom. The minimum absolute atomic E-state index is 0.608. The van der Waals surface area contributed by atoms with E-state index in [4.69, 9.17) is 9.84 Å². The van der Waals surface area contributed by atoms with Gasteiger partial charge in [-0.15, -0.1) is 0 Å². The van der Waals surface area contributed by atoms with Crippen molar-refractivity contribution in [1.29, 1.82) is 0 Å². The first kappa shape index (κ1) is 8.10. The van der Waals surface area contributed by atoms with Gasteiger partial charge >= 0.3 is 5.97 Å². The van der Waals surface area contributed by atoms with Gasteiger partial charge in [0.15, 0.2) is 0 Å². The molecule has 1 saturated carbocycles. The van der Waals surface area contributed by atoms with E-state index in [1.807, 2.05) is 18.2 Å². The number of hydrogen-bond donors (Lipinski definition) is 1. The van der Waals surface area contributed by atoms with Gasteiger partial charge in [0.2, 0.25) is 5.60 Å². The minimum atomic E-state index is -0.929. The number of carboxylic acid groups (broad SMARTS) is 1. The minimum Gasteiger partial charge on any atom is -0.478 e. The van der Waals surface area contributed by atoms with Crippen LogP contribution in [0.25, 0.3) is 0 Å². The van der Waals surface area contributed by atoms with Crippen molar-refractivity contribution in [2.24, 2.45) is 0 Å². The topological polar surface area (TPSA) is 46.5 Å². The zero-order chi connectivity index (χ0) is 9.31. The van der Waals surface area contributed by atoms with Crippen LogP contribution in [-0.2, 0) is 4.79 Å². The Morgan fingerprint density at radius 2 is 1.92 bits per heavy atom. The Bertz CT molecular complexity index is 314. The molecule has 0 spiro atoms. The van der Waals surface area contributed by atoms with Crippen molar-refractivity contribution in [1.82, 2.24) is 0 Å². The van der Waals surface area contributed by atoms with Crippen LogP contribution in [0.5, 0.6) is 5.75 Å². The third-order valence-corrected chi connectivity index (χ3v) is 2.15. The summed E-state index contributed by atoms with van der Waals surface area (Å²) >= 11 is 0. The second kappa shape index (κ2) is 2.76. The maximum atomic E-state index is 10.8. The normalized spacial score (nSPS) is 17.8. The van der Waals surface area contributed by atoms with E-state index in [-0.39, 0.29) is 0 Å². The van der Waals surface area contributed by atoms with Crippen molar-refractivity contribution in [3.8, 4) is 5.75 Å². The van der Waals surface area contributed by atoms with Crippen molar-refractivity contribution in [2.75, 3.05) is 0 Å². The zero-order valence-corrected chi connectivity index (χ0v) is 7.06. The van der Waals surface area contributed by atoms with Gasteiger partial charge < -0.3 is 9.84 Å². The summed E-state index contributed by atoms with van der Waals surface area (Å²) in [6, 6.07) is 9.06. The van der Waals surface area contributed by atoms with Gasteiger partial charge in [-0.1, -0.05) is 18.2 Å². The number of aliphatic carboxylic acids is 1. The molecule has 68 valence electrons. The van der Waals surface area contributed by atoms with Crippen molar-refractivity contribution < 1.29 is 14.6 Å². The number of hydrogen-bond acceptors (Lipinski definition) is 2. The molecule has 3 nitrogen and oxygen atoms in total. The largest absolute Gasteiger partial charge is 0.478 e. The van der Waals surface area contributed by atoms with Crippen molar-refractivity contribution in [3.05, 3.63) is 30.3 Å². The number of benzene rings is 1. The molecule has 0 saturated heterocycles. The fourth-order valence-electron chi connectivity index (χ4n) is 1.19. The van der Waals surface area contributed by atoms with Gasteiger partial charge in [-0.3, -0.25) is 0 Å². The average molecular weight is 178 g/mol. The van der Waals surface area contributed by atoms with Crippen LogP contribution in [0.1, 0.15) is 12.8 Å². The lowest BCUT2D eigenvalue weighted by molar-refractivity contribution is -0.147. The smallest absolute Gasteiger partial charge is 0.348 e. The highest BCUT2D eigenvalue weighted by molar-refractivity contribution is 5.81. The molecule has 0 amide bonds. The molecule has 0 aliphatic heterocycles. The van der Waals surface area contributed by atoms with E-state index in [0.29, 0.717) is 18.6 Å². The third-order valence-electron chi connectivity index (χ3n) is 2.15. The molecule has 0 heterocycles. The predicted octanol–water partition coefficient (Wildman–Crippen LogP) is 1.68. The standard InChI is InChI=1S/C10H10O3/c11-9(12)10(6-7-10)13-8-4-2-1-3-5-8/h1-5H,6-7H2,(H,11,12). The molecule has 1 aromatic rings. The summed E-state index contributed by atoms with van der Waals surface area (Å²) in [6.07, 6.45) is 1.22. The molecule has 13 heavy (non-hydrogen) atoms. The summed E-state index contributed by atoms with van der Waals surface area (Å²) in [7, 11) is 0. The quantitative estimate of drug-likeness (QED) is 0.766. The van der Waals surface area contributed by atoms with Crippen molar-refractivity contribution >= 4 is 5.97 Å². The summed E-state index contributed by atoms with van der Waals surface area (Å²) in [5, 5.41) is 8.84. The third kappa shape index (κ3) is 1.49. The van der Waals surface area contributed by atoms with E-state index < -0.39 is 11.6 Å². The summed E-state index contributed by atoms with van der Waals surface area (Å²) < 4.78 is 5.37. The number of rotatable bonds is 3. The van der Waals surface area contributed by atoms with Gasteiger partial charge in [-0.25, -0.2) is 4.79 Å². The Hall–Kier alpha value is -1.51. The lowest BCUT2D eigenvalue weighted by Crippen LogP contribution is -2.28. The summed E-state index contributed by atoms with van der Waals surface area (Å²) in [5.74, 6) is -0.237. The SMILES string of the molecule is O=C(O)C1(Oc2ccccc2)CC1. The van der Waals surface area contributed by atoms with Gasteiger partial charge in [0.1, 0.15) is 5.75 Å². The number of carboxylic acids is 1. The van der Waals surface area contributed by atoms with Crippen LogP contribution in [-0.4, -0.2) is 16.7 Å². The van der Waals surface area contributed by atoms with Crippen LogP contribution < -0.4 is 4.74 Å². The van der Waals surface area contributed by atoms with Gasteiger partial charge in [-0.2, -0.15) is 0 Å². The monoisotopic (exact) mass is 178 g/mol. The molecule has 1 aliphatic carbocycles. The summed E-state index contributed by atoms with van der Waals surface area (Å²) in [5.41, 5.74) is -0.929. The van der Waals surface area contributed by atoms with Gasteiger partial charge in [0.25, 0.3) is 0 Å². The van der Waals surface area contributed by atoms with Gasteiger partial charge in [0, 0.05) is 12.8 Å². The van der Waals surface area contributed by atoms with Gasteiger partial charge in [0.05, 0.1) is 0 Å². The fourth-order valence-corrected chi connectivity index (χ4v) is 1.19. The zero-order valence-electron chi connectivity index (χ0n) is 7.06. The highest BCUT2D eigenvalue weighted by atomic mass is 16.5. The molecule has 1 N–H and O–H groups in total. The van der Waals surface area contributed by atoms with E-state index in [2.05, 4.69) is 0 Å². The molecule has 1 fully saturated rings. The second-order valence-corrected chi connectivity index (χ2v) is 3.21. The highest BCUT2D eigenvalue weighted by Gasteiger charge is 2.53. The Balaban J connectivity index is 2.11. The van der Waals surface area contributed by atoms with E-state index in [0.717, 1.165) is 0 Å². The van der Waals surface area contributed by atoms with Crippen LogP contribution in [0, 0.1) is 0 Å². The number of carbonyl (C=O) groups is 1. The molecule has 1 aromatic carbocycles. The molecule has 2 rings (SSSR count). The summed E-state index contributed by atoms with van der Waals surface area (Å²) in [4.78, 5) is 10.8. The van der Waals surface area contributed by atoms with Crippen LogP contribution >= 0.6 is 0 Å². The molecular weight excluding hydrogens is 168 g/mol. The van der Waals surface area contributed by atoms with E-state index in [9.17, 15) is 4.79 Å². The van der Waals surface area contributed by atoms with Crippen LogP contribution in [0.4, 0.5) is 0 Å². The number of para-hydroxylation sites is 1. The van der Waals surface area contributed by atoms with Crippen LogP contribution in [0.15, 0.2) is 30.3 Å². The molecule has 0 radical (unpaired) electrons. The average Bonchev–Trinajstić information content (AvgIpc) is 2.87. The lowest BCUT2D eigenvalue weighted by Gasteiger charge is -2.12. The first-order chi connectivity index (χ1) is 6.23.